The molecule has 0 radical (unpaired) electrons. The van der Waals surface area contributed by atoms with E-state index in [4.69, 9.17) is 9.47 Å². The highest BCUT2D eigenvalue weighted by Gasteiger charge is 2.32. The fourth-order valence-electron chi connectivity index (χ4n) is 4.59. The van der Waals surface area contributed by atoms with Crippen LogP contribution < -0.4 is 0 Å². The van der Waals surface area contributed by atoms with Crippen molar-refractivity contribution in [2.24, 2.45) is 34.5 Å². The highest BCUT2D eigenvalue weighted by Crippen LogP contribution is 2.33. The molecule has 4 nitrogen and oxygen atoms in total. The number of hydrogen-bond acceptors (Lipinski definition) is 4. The van der Waals surface area contributed by atoms with Gasteiger partial charge in [-0.25, -0.2) is 0 Å². The molecule has 0 saturated heterocycles. The first kappa shape index (κ1) is 31.0. The number of esters is 2. The van der Waals surface area contributed by atoms with Gasteiger partial charge in [-0.1, -0.05) is 81.1 Å². The van der Waals surface area contributed by atoms with Crippen molar-refractivity contribution in [1.82, 2.24) is 0 Å². The maximum atomic E-state index is 12.5. The van der Waals surface area contributed by atoms with Crippen LogP contribution in [0.5, 0.6) is 0 Å². The van der Waals surface area contributed by atoms with Crippen molar-refractivity contribution < 1.29 is 19.1 Å². The van der Waals surface area contributed by atoms with E-state index in [0.717, 1.165) is 50.4 Å². The minimum absolute atomic E-state index is 0.0632. The largest absolute Gasteiger partial charge is 0.465 e. The Morgan fingerprint density at radius 3 is 1.29 bits per heavy atom. The van der Waals surface area contributed by atoms with Crippen molar-refractivity contribution >= 4 is 11.9 Å². The Kier molecular flexibility index (Phi) is 13.8. The first-order valence-electron chi connectivity index (χ1n) is 14.2. The third-order valence-corrected chi connectivity index (χ3v) is 8.46. The topological polar surface area (TPSA) is 52.6 Å². The van der Waals surface area contributed by atoms with E-state index in [9.17, 15) is 9.59 Å². The number of hydrogen-bond donors (Lipinski definition) is 0. The molecule has 2 atom stereocenters. The summed E-state index contributed by atoms with van der Waals surface area (Å²) in [6.07, 6.45) is 12.0. The van der Waals surface area contributed by atoms with Crippen LogP contribution >= 0.6 is 0 Å². The summed E-state index contributed by atoms with van der Waals surface area (Å²) in [5.41, 5.74) is 0.405. The van der Waals surface area contributed by atoms with Crippen molar-refractivity contribution in [3.8, 4) is 0 Å². The summed E-state index contributed by atoms with van der Waals surface area (Å²) in [5.74, 6) is 1.23. The van der Waals surface area contributed by atoms with Crippen molar-refractivity contribution in [1.29, 1.82) is 0 Å². The lowest BCUT2D eigenvalue weighted by molar-refractivity contribution is -0.156. The van der Waals surface area contributed by atoms with Crippen molar-refractivity contribution in [3.05, 3.63) is 0 Å². The number of carbonyl (C=O) groups excluding carboxylic acids is 2. The summed E-state index contributed by atoms with van der Waals surface area (Å²) in [7, 11) is 0. The van der Waals surface area contributed by atoms with Gasteiger partial charge in [-0.05, 0) is 74.0 Å². The molecule has 0 aromatic rings. The smallest absolute Gasteiger partial charge is 0.308 e. The molecule has 0 N–H and O–H groups in total. The Labute approximate surface area is 211 Å². The van der Waals surface area contributed by atoms with Crippen molar-refractivity contribution in [3.63, 3.8) is 0 Å². The molecule has 200 valence electrons. The Bertz CT molecular complexity index is 535. The third-order valence-electron chi connectivity index (χ3n) is 8.46. The molecule has 0 aromatic heterocycles. The average Bonchev–Trinajstić information content (AvgIpc) is 2.80. The second-order valence-electron chi connectivity index (χ2n) is 12.8. The second kappa shape index (κ2) is 15.1. The maximum Gasteiger partial charge on any atom is 0.308 e. The molecular weight excluding hydrogens is 424 g/mol. The molecular formula is C30H56O4. The van der Waals surface area contributed by atoms with E-state index in [1.165, 1.54) is 38.5 Å². The molecule has 1 aliphatic rings. The molecule has 0 aromatic carbocycles. The van der Waals surface area contributed by atoms with Crippen LogP contribution in [-0.2, 0) is 19.1 Å². The van der Waals surface area contributed by atoms with Gasteiger partial charge in [0.25, 0.3) is 0 Å². The predicted octanol–water partition coefficient (Wildman–Crippen LogP) is 8.36. The fraction of sp³-hybridized carbons (Fsp3) is 0.933. The van der Waals surface area contributed by atoms with Crippen LogP contribution in [0.1, 0.15) is 132 Å². The molecule has 0 bridgehead atoms. The summed E-state index contributed by atoms with van der Waals surface area (Å²) >= 11 is 0. The minimum atomic E-state index is -0.0763. The minimum Gasteiger partial charge on any atom is -0.465 e. The maximum absolute atomic E-state index is 12.5. The van der Waals surface area contributed by atoms with Crippen LogP contribution in [-0.4, -0.2) is 25.2 Å². The van der Waals surface area contributed by atoms with Crippen LogP contribution in [0.25, 0.3) is 0 Å². The van der Waals surface area contributed by atoms with Gasteiger partial charge >= 0.3 is 11.9 Å². The second-order valence-corrected chi connectivity index (χ2v) is 12.8. The van der Waals surface area contributed by atoms with Gasteiger partial charge in [-0.2, -0.15) is 0 Å². The number of ether oxygens (including phenoxy) is 2. The standard InChI is InChI=1S/C30H56O4/c1-9-23(3)15-17-29(5,6)19-21-33-27(31)25-11-13-26(14-12-25)28(32)34-22-20-30(7,8)18-16-24(4)10-2/h23-26H,9-22H2,1-8H3. The molecule has 1 rings (SSSR count). The zero-order valence-electron chi connectivity index (χ0n) is 23.8. The SMILES string of the molecule is CCC(C)CCC(C)(C)CCOC(=O)C1CCC(C(=O)OCCC(C)(C)CCC(C)CC)CC1. The van der Waals surface area contributed by atoms with E-state index < -0.39 is 0 Å². The Balaban J connectivity index is 2.26. The fourth-order valence-corrected chi connectivity index (χ4v) is 4.59. The average molecular weight is 481 g/mol. The predicted molar refractivity (Wildman–Crippen MR) is 142 cm³/mol. The van der Waals surface area contributed by atoms with E-state index >= 15 is 0 Å². The third kappa shape index (κ3) is 12.6. The zero-order chi connectivity index (χ0) is 25.8. The lowest BCUT2D eigenvalue weighted by Crippen LogP contribution is -2.29. The van der Waals surface area contributed by atoms with E-state index in [2.05, 4.69) is 55.4 Å². The first-order chi connectivity index (χ1) is 15.9. The summed E-state index contributed by atoms with van der Waals surface area (Å²) in [5, 5.41) is 0. The van der Waals surface area contributed by atoms with Crippen molar-refractivity contribution in [2.75, 3.05) is 13.2 Å². The molecule has 0 amide bonds. The van der Waals surface area contributed by atoms with Gasteiger partial charge in [0, 0.05) is 0 Å². The Morgan fingerprint density at radius 2 is 1.00 bits per heavy atom. The van der Waals surface area contributed by atoms with E-state index in [1.54, 1.807) is 0 Å². The summed E-state index contributed by atoms with van der Waals surface area (Å²) in [6.45, 7) is 19.2. The van der Waals surface area contributed by atoms with Crippen LogP contribution in [0, 0.1) is 34.5 Å². The van der Waals surface area contributed by atoms with E-state index in [-0.39, 0.29) is 34.6 Å². The molecule has 1 saturated carbocycles. The molecule has 1 fully saturated rings. The number of carbonyl (C=O) groups is 2. The van der Waals surface area contributed by atoms with Gasteiger partial charge in [-0.15, -0.1) is 0 Å². The normalized spacial score (nSPS) is 21.1. The van der Waals surface area contributed by atoms with Gasteiger partial charge in [0.15, 0.2) is 0 Å². The van der Waals surface area contributed by atoms with E-state index in [1.807, 2.05) is 0 Å². The van der Waals surface area contributed by atoms with Gasteiger partial charge < -0.3 is 9.47 Å². The zero-order valence-corrected chi connectivity index (χ0v) is 23.8. The van der Waals surface area contributed by atoms with Crippen molar-refractivity contribution in [2.45, 2.75) is 132 Å². The van der Waals surface area contributed by atoms with Crippen LogP contribution in [0.4, 0.5) is 0 Å². The van der Waals surface area contributed by atoms with Gasteiger partial charge in [-0.3, -0.25) is 9.59 Å². The lowest BCUT2D eigenvalue weighted by atomic mass is 9.81. The molecule has 34 heavy (non-hydrogen) atoms. The number of rotatable bonds is 16. The Hall–Kier alpha value is -1.06. The van der Waals surface area contributed by atoms with Crippen LogP contribution in [0.15, 0.2) is 0 Å². The van der Waals surface area contributed by atoms with Gasteiger partial charge in [0.2, 0.25) is 0 Å². The van der Waals surface area contributed by atoms with Crippen LogP contribution in [0.3, 0.4) is 0 Å². The van der Waals surface area contributed by atoms with E-state index in [0.29, 0.717) is 13.2 Å². The van der Waals surface area contributed by atoms with Gasteiger partial charge in [0.1, 0.15) is 0 Å². The summed E-state index contributed by atoms with van der Waals surface area (Å²) in [6, 6.07) is 0. The monoisotopic (exact) mass is 480 g/mol. The lowest BCUT2D eigenvalue weighted by Gasteiger charge is -2.29. The summed E-state index contributed by atoms with van der Waals surface area (Å²) < 4.78 is 11.3. The molecule has 2 unspecified atom stereocenters. The summed E-state index contributed by atoms with van der Waals surface area (Å²) in [4.78, 5) is 25.1. The molecule has 1 aliphatic carbocycles. The quantitative estimate of drug-likeness (QED) is 0.208. The first-order valence-corrected chi connectivity index (χ1v) is 14.2. The molecule has 4 heteroatoms. The highest BCUT2D eigenvalue weighted by molar-refractivity contribution is 5.75. The highest BCUT2D eigenvalue weighted by atomic mass is 16.5. The van der Waals surface area contributed by atoms with Crippen LogP contribution in [0.2, 0.25) is 0 Å². The Morgan fingerprint density at radius 1 is 0.676 bits per heavy atom. The van der Waals surface area contributed by atoms with Gasteiger partial charge in [0.05, 0.1) is 25.0 Å². The molecule has 0 heterocycles. The molecule has 0 spiro atoms. The molecule has 0 aliphatic heterocycles.